The van der Waals surface area contributed by atoms with E-state index in [1.165, 1.54) is 12.0 Å². The van der Waals surface area contributed by atoms with Gasteiger partial charge in [0.1, 0.15) is 11.6 Å². The van der Waals surface area contributed by atoms with Crippen molar-refractivity contribution in [3.8, 4) is 0 Å². The number of halogens is 1. The lowest BCUT2D eigenvalue weighted by Gasteiger charge is -2.50. The minimum Gasteiger partial charge on any atom is -0.469 e. The zero-order chi connectivity index (χ0) is 25.0. The number of hydrogen-bond acceptors (Lipinski definition) is 6. The second-order valence-corrected chi connectivity index (χ2v) is 10.4. The SMILES string of the molecule is COC(=O)CCCN(Cc1ccc(Cl)cc1)C(=O)C1(C)CCN1C(=O)OC1CSc2ccccc21. The van der Waals surface area contributed by atoms with Crippen molar-refractivity contribution in [2.75, 3.05) is 26.0 Å². The Morgan fingerprint density at radius 1 is 1.17 bits per heavy atom. The minimum atomic E-state index is -1.000. The number of likely N-dealkylation sites (tertiary alicyclic amines) is 1. The topological polar surface area (TPSA) is 76.2 Å². The van der Waals surface area contributed by atoms with Crippen molar-refractivity contribution in [1.82, 2.24) is 9.80 Å². The molecule has 2 unspecified atom stereocenters. The Morgan fingerprint density at radius 2 is 1.91 bits per heavy atom. The molecule has 9 heteroatoms. The van der Waals surface area contributed by atoms with Crippen molar-refractivity contribution in [2.24, 2.45) is 0 Å². The van der Waals surface area contributed by atoms with Gasteiger partial charge in [0.05, 0.1) is 7.11 Å². The predicted molar refractivity (Wildman–Crippen MR) is 134 cm³/mol. The summed E-state index contributed by atoms with van der Waals surface area (Å²) in [6.45, 7) is 2.95. The van der Waals surface area contributed by atoms with E-state index in [1.807, 2.05) is 36.4 Å². The third kappa shape index (κ3) is 5.59. The van der Waals surface area contributed by atoms with Crippen LogP contribution in [0, 0.1) is 0 Å². The molecule has 2 aromatic rings. The van der Waals surface area contributed by atoms with E-state index in [0.29, 0.717) is 43.3 Å². The first-order valence-corrected chi connectivity index (χ1v) is 13.0. The van der Waals surface area contributed by atoms with E-state index in [9.17, 15) is 14.4 Å². The van der Waals surface area contributed by atoms with Crippen molar-refractivity contribution in [3.63, 3.8) is 0 Å². The van der Waals surface area contributed by atoms with Gasteiger partial charge in [-0.15, -0.1) is 11.8 Å². The van der Waals surface area contributed by atoms with Gasteiger partial charge in [0.25, 0.3) is 0 Å². The number of carbonyl (C=O) groups excluding carboxylic acids is 3. The van der Waals surface area contributed by atoms with Crippen molar-refractivity contribution < 1.29 is 23.9 Å². The zero-order valence-corrected chi connectivity index (χ0v) is 21.4. The summed E-state index contributed by atoms with van der Waals surface area (Å²) in [6, 6.07) is 15.2. The van der Waals surface area contributed by atoms with Crippen molar-refractivity contribution in [1.29, 1.82) is 0 Å². The fourth-order valence-corrected chi connectivity index (χ4v) is 5.66. The quantitative estimate of drug-likeness (QED) is 0.456. The first-order valence-electron chi connectivity index (χ1n) is 11.6. The molecule has 0 N–H and O–H groups in total. The van der Waals surface area contributed by atoms with Crippen LogP contribution in [0.2, 0.25) is 5.02 Å². The number of benzene rings is 2. The molecular formula is C26H29ClN2O5S. The van der Waals surface area contributed by atoms with Gasteiger partial charge in [0.2, 0.25) is 5.91 Å². The van der Waals surface area contributed by atoms with Crippen molar-refractivity contribution in [3.05, 3.63) is 64.7 Å². The molecule has 0 saturated carbocycles. The number of fused-ring (bicyclic) bond motifs is 1. The van der Waals surface area contributed by atoms with Gasteiger partial charge in [0, 0.05) is 47.3 Å². The predicted octanol–water partition coefficient (Wildman–Crippen LogP) is 5.07. The molecule has 2 aromatic carbocycles. The van der Waals surface area contributed by atoms with Gasteiger partial charge >= 0.3 is 12.1 Å². The summed E-state index contributed by atoms with van der Waals surface area (Å²) in [6.07, 6.45) is 0.416. The number of carbonyl (C=O) groups is 3. The second kappa shape index (κ2) is 10.9. The van der Waals surface area contributed by atoms with Crippen LogP contribution in [0.1, 0.15) is 43.4 Å². The molecule has 35 heavy (non-hydrogen) atoms. The molecule has 2 heterocycles. The molecule has 186 valence electrons. The normalized spacial score (nSPS) is 20.5. The highest BCUT2D eigenvalue weighted by Gasteiger charge is 2.52. The molecule has 0 aromatic heterocycles. The van der Waals surface area contributed by atoms with Crippen LogP contribution in [-0.2, 0) is 25.6 Å². The molecule has 0 bridgehead atoms. The monoisotopic (exact) mass is 516 g/mol. The summed E-state index contributed by atoms with van der Waals surface area (Å²) in [4.78, 5) is 42.8. The Bertz CT molecular complexity index is 1100. The van der Waals surface area contributed by atoms with Gasteiger partial charge in [-0.25, -0.2) is 4.79 Å². The highest BCUT2D eigenvalue weighted by atomic mass is 35.5. The number of amides is 2. The number of methoxy groups -OCH3 is 1. The van der Waals surface area contributed by atoms with E-state index in [1.54, 1.807) is 35.7 Å². The van der Waals surface area contributed by atoms with Crippen LogP contribution in [0.25, 0.3) is 0 Å². The van der Waals surface area contributed by atoms with Crippen LogP contribution < -0.4 is 0 Å². The van der Waals surface area contributed by atoms with E-state index in [0.717, 1.165) is 16.0 Å². The van der Waals surface area contributed by atoms with Crippen LogP contribution in [0.3, 0.4) is 0 Å². The highest BCUT2D eigenvalue weighted by molar-refractivity contribution is 7.99. The summed E-state index contributed by atoms with van der Waals surface area (Å²) in [5, 5.41) is 0.615. The van der Waals surface area contributed by atoms with Crippen molar-refractivity contribution in [2.45, 2.75) is 49.3 Å². The lowest BCUT2D eigenvalue weighted by Crippen LogP contribution is -2.68. The van der Waals surface area contributed by atoms with Gasteiger partial charge in [0.15, 0.2) is 0 Å². The lowest BCUT2D eigenvalue weighted by atomic mass is 9.85. The van der Waals surface area contributed by atoms with Gasteiger partial charge in [-0.3, -0.25) is 14.5 Å². The average molecular weight is 517 g/mol. The number of nitrogens with zero attached hydrogens (tertiary/aromatic N) is 2. The Kier molecular flexibility index (Phi) is 7.91. The third-order valence-electron chi connectivity index (χ3n) is 6.61. The number of esters is 1. The van der Waals surface area contributed by atoms with E-state index in [2.05, 4.69) is 0 Å². The van der Waals surface area contributed by atoms with Crippen LogP contribution in [-0.4, -0.2) is 59.3 Å². The van der Waals surface area contributed by atoms with Crippen LogP contribution in [0.4, 0.5) is 4.79 Å². The Hall–Kier alpha value is -2.71. The van der Waals surface area contributed by atoms with E-state index < -0.39 is 11.6 Å². The molecule has 0 spiro atoms. The number of ether oxygens (including phenoxy) is 2. The Morgan fingerprint density at radius 3 is 2.60 bits per heavy atom. The molecule has 7 nitrogen and oxygen atoms in total. The van der Waals surface area contributed by atoms with E-state index >= 15 is 0 Å². The fourth-order valence-electron chi connectivity index (χ4n) is 4.41. The highest BCUT2D eigenvalue weighted by Crippen LogP contribution is 2.41. The van der Waals surface area contributed by atoms with Crippen LogP contribution in [0.5, 0.6) is 0 Å². The van der Waals surface area contributed by atoms with Gasteiger partial charge in [-0.05, 0) is 43.5 Å². The van der Waals surface area contributed by atoms with E-state index in [-0.39, 0.29) is 24.4 Å². The Balaban J connectivity index is 1.46. The maximum atomic E-state index is 13.7. The standard InChI is InChI=1S/C26H29ClN2O5S/c1-26(13-15-29(26)25(32)34-21-17-35-22-7-4-3-6-20(21)22)24(31)28(14-5-8-23(30)33-2)16-18-9-11-19(27)12-10-18/h3-4,6-7,9-12,21H,5,8,13-17H2,1-2H3. The molecule has 2 atom stereocenters. The van der Waals surface area contributed by atoms with Crippen LogP contribution >= 0.6 is 23.4 Å². The van der Waals surface area contributed by atoms with Gasteiger partial charge in [-0.1, -0.05) is 41.9 Å². The summed E-state index contributed by atoms with van der Waals surface area (Å²) < 4.78 is 10.6. The molecule has 0 radical (unpaired) electrons. The number of hydrogen-bond donors (Lipinski definition) is 0. The number of rotatable bonds is 8. The molecule has 1 saturated heterocycles. The Labute approximate surface area is 214 Å². The van der Waals surface area contributed by atoms with Crippen LogP contribution in [0.15, 0.2) is 53.4 Å². The maximum absolute atomic E-state index is 13.7. The molecule has 2 amide bonds. The average Bonchev–Trinajstić information content (AvgIpc) is 3.25. The minimum absolute atomic E-state index is 0.165. The first-order chi connectivity index (χ1) is 16.8. The third-order valence-corrected chi connectivity index (χ3v) is 8.01. The summed E-state index contributed by atoms with van der Waals surface area (Å²) >= 11 is 7.68. The summed E-state index contributed by atoms with van der Waals surface area (Å²) in [5.41, 5.74) is 0.920. The van der Waals surface area contributed by atoms with Gasteiger partial charge in [-0.2, -0.15) is 0 Å². The summed E-state index contributed by atoms with van der Waals surface area (Å²) in [7, 11) is 1.35. The molecular weight excluding hydrogens is 488 g/mol. The maximum Gasteiger partial charge on any atom is 0.411 e. The fraction of sp³-hybridized carbons (Fsp3) is 0.423. The molecule has 2 aliphatic heterocycles. The first kappa shape index (κ1) is 25.4. The molecule has 1 fully saturated rings. The molecule has 0 aliphatic carbocycles. The lowest BCUT2D eigenvalue weighted by molar-refractivity contribution is -0.152. The van der Waals surface area contributed by atoms with E-state index in [4.69, 9.17) is 21.1 Å². The van der Waals surface area contributed by atoms with Crippen molar-refractivity contribution >= 4 is 41.3 Å². The smallest absolute Gasteiger partial charge is 0.411 e. The molecule has 2 aliphatic rings. The zero-order valence-electron chi connectivity index (χ0n) is 19.9. The number of thioether (sulfide) groups is 1. The largest absolute Gasteiger partial charge is 0.469 e. The summed E-state index contributed by atoms with van der Waals surface area (Å²) in [5.74, 6) is 0.181. The second-order valence-electron chi connectivity index (χ2n) is 8.93. The van der Waals surface area contributed by atoms with Gasteiger partial charge < -0.3 is 14.4 Å². The molecule has 4 rings (SSSR count).